The lowest BCUT2D eigenvalue weighted by molar-refractivity contribution is -0.141. The highest BCUT2D eigenvalue weighted by Crippen LogP contribution is 2.18. The van der Waals surface area contributed by atoms with Crippen molar-refractivity contribution in [3.05, 3.63) is 35.4 Å². The normalized spacial score (nSPS) is 17.3. The molecule has 114 valence electrons. The second kappa shape index (κ2) is 6.58. The topological polar surface area (TPSA) is 89.9 Å². The molecular formula is C15H20N2O4. The van der Waals surface area contributed by atoms with Gasteiger partial charge in [-0.3, -0.25) is 0 Å². The molecule has 1 aliphatic rings. The molecule has 1 heterocycles. The molecule has 2 amide bonds. The molecule has 0 aliphatic carbocycles. The Labute approximate surface area is 123 Å². The monoisotopic (exact) mass is 292 g/mol. The molecule has 2 atom stereocenters. The van der Waals surface area contributed by atoms with Gasteiger partial charge in [-0.1, -0.05) is 24.3 Å². The van der Waals surface area contributed by atoms with Gasteiger partial charge in [-0.05, 0) is 30.9 Å². The van der Waals surface area contributed by atoms with Crippen molar-refractivity contribution in [3.63, 3.8) is 0 Å². The molecule has 1 aromatic rings. The number of carbonyl (C=O) groups is 2. The van der Waals surface area contributed by atoms with Gasteiger partial charge in [0, 0.05) is 13.1 Å². The molecule has 21 heavy (non-hydrogen) atoms. The lowest BCUT2D eigenvalue weighted by atomic mass is 10.0. The zero-order chi connectivity index (χ0) is 15.4. The summed E-state index contributed by atoms with van der Waals surface area (Å²) in [4.78, 5) is 24.8. The molecule has 0 radical (unpaired) electrons. The van der Waals surface area contributed by atoms with Crippen LogP contribution in [0, 0.1) is 0 Å². The largest absolute Gasteiger partial charge is 0.480 e. The van der Waals surface area contributed by atoms with Gasteiger partial charge in [0.25, 0.3) is 0 Å². The van der Waals surface area contributed by atoms with Crippen LogP contribution >= 0.6 is 0 Å². The van der Waals surface area contributed by atoms with Gasteiger partial charge in [0.05, 0.1) is 6.10 Å². The maximum absolute atomic E-state index is 12.2. The number of rotatable bonds is 3. The average molecular weight is 292 g/mol. The Bertz CT molecular complexity index is 530. The Morgan fingerprint density at radius 2 is 1.95 bits per heavy atom. The summed E-state index contributed by atoms with van der Waals surface area (Å²) in [6, 6.07) is 6.17. The first-order chi connectivity index (χ1) is 9.99. The van der Waals surface area contributed by atoms with Gasteiger partial charge in [0.15, 0.2) is 6.04 Å². The number of hydrogen-bond acceptors (Lipinski definition) is 3. The minimum Gasteiger partial charge on any atom is -0.480 e. The highest BCUT2D eigenvalue weighted by molar-refractivity contribution is 5.83. The highest BCUT2D eigenvalue weighted by atomic mass is 16.4. The maximum Gasteiger partial charge on any atom is 0.328 e. The molecule has 6 nitrogen and oxygen atoms in total. The summed E-state index contributed by atoms with van der Waals surface area (Å²) in [7, 11) is 0. The van der Waals surface area contributed by atoms with Gasteiger partial charge >= 0.3 is 12.0 Å². The molecule has 3 N–H and O–H groups in total. The van der Waals surface area contributed by atoms with Gasteiger partial charge in [-0.25, -0.2) is 9.59 Å². The van der Waals surface area contributed by atoms with E-state index in [1.54, 1.807) is 4.90 Å². The number of nitrogens with one attached hydrogen (secondary N) is 1. The number of carboxylic acid groups (broad SMARTS) is 1. The minimum absolute atomic E-state index is 0.453. The summed E-state index contributed by atoms with van der Waals surface area (Å²) in [6.07, 6.45) is 0.584. The summed E-state index contributed by atoms with van der Waals surface area (Å²) in [5.74, 6) is -1.24. The van der Waals surface area contributed by atoms with Crippen molar-refractivity contribution in [3.8, 4) is 0 Å². The van der Waals surface area contributed by atoms with Crippen LogP contribution in [-0.2, 0) is 17.8 Å². The van der Waals surface area contributed by atoms with E-state index in [0.717, 1.165) is 18.4 Å². The molecule has 0 fully saturated rings. The van der Waals surface area contributed by atoms with Gasteiger partial charge in [0.2, 0.25) is 0 Å². The van der Waals surface area contributed by atoms with E-state index in [1.807, 2.05) is 24.3 Å². The molecule has 0 bridgehead atoms. The van der Waals surface area contributed by atoms with Crippen LogP contribution in [0.15, 0.2) is 24.3 Å². The number of nitrogens with zero attached hydrogens (tertiary/aromatic N) is 1. The molecule has 2 unspecified atom stereocenters. The van der Waals surface area contributed by atoms with E-state index in [9.17, 15) is 14.7 Å². The first-order valence-electron chi connectivity index (χ1n) is 7.02. The lowest BCUT2D eigenvalue weighted by Crippen LogP contribution is -2.52. The van der Waals surface area contributed by atoms with Gasteiger partial charge in [0.1, 0.15) is 0 Å². The second-order valence-electron chi connectivity index (χ2n) is 5.30. The van der Waals surface area contributed by atoms with E-state index in [4.69, 9.17) is 5.11 Å². The Kier molecular flexibility index (Phi) is 4.80. The highest BCUT2D eigenvalue weighted by Gasteiger charge is 2.28. The maximum atomic E-state index is 12.2. The Balaban J connectivity index is 2.08. The Morgan fingerprint density at radius 1 is 1.29 bits per heavy atom. The zero-order valence-corrected chi connectivity index (χ0v) is 12.0. The fourth-order valence-electron chi connectivity index (χ4n) is 2.49. The van der Waals surface area contributed by atoms with Crippen molar-refractivity contribution in [1.82, 2.24) is 10.2 Å². The molecule has 0 aromatic heterocycles. The molecule has 1 aromatic carbocycles. The third kappa shape index (κ3) is 3.72. The van der Waals surface area contributed by atoms with E-state index in [2.05, 4.69) is 5.32 Å². The van der Waals surface area contributed by atoms with Crippen LogP contribution in [0.25, 0.3) is 0 Å². The fourth-order valence-corrected chi connectivity index (χ4v) is 2.49. The standard InChI is InChI=1S/C15H20N2O4/c1-10(18)13(14(19)20)16-15(21)17-8-4-7-11-5-2-3-6-12(11)9-17/h2-3,5-6,10,13,18H,4,7-9H2,1H3,(H,16,21)(H,19,20). The van der Waals surface area contributed by atoms with E-state index in [-0.39, 0.29) is 0 Å². The quantitative estimate of drug-likeness (QED) is 0.774. The summed E-state index contributed by atoms with van der Waals surface area (Å²) < 4.78 is 0. The van der Waals surface area contributed by atoms with Crippen LogP contribution in [0.3, 0.4) is 0 Å². The summed E-state index contributed by atoms with van der Waals surface area (Å²) in [5, 5.41) is 20.8. The SMILES string of the molecule is CC(O)C(NC(=O)N1CCCc2ccccc2C1)C(=O)O. The third-order valence-electron chi connectivity index (χ3n) is 3.67. The van der Waals surface area contributed by atoms with Crippen LogP contribution in [0.4, 0.5) is 4.79 Å². The third-order valence-corrected chi connectivity index (χ3v) is 3.67. The van der Waals surface area contributed by atoms with Crippen molar-refractivity contribution in [2.75, 3.05) is 6.54 Å². The van der Waals surface area contributed by atoms with Crippen molar-refractivity contribution in [1.29, 1.82) is 0 Å². The Hall–Kier alpha value is -2.08. The molecule has 0 spiro atoms. The number of urea groups is 1. The smallest absolute Gasteiger partial charge is 0.328 e. The van der Waals surface area contributed by atoms with Crippen LogP contribution in [0.2, 0.25) is 0 Å². The number of aliphatic hydroxyl groups excluding tert-OH is 1. The van der Waals surface area contributed by atoms with E-state index < -0.39 is 24.1 Å². The number of aryl methyl sites for hydroxylation is 1. The van der Waals surface area contributed by atoms with Crippen LogP contribution in [0.5, 0.6) is 0 Å². The predicted molar refractivity (Wildman–Crippen MR) is 76.8 cm³/mol. The lowest BCUT2D eigenvalue weighted by Gasteiger charge is -2.25. The van der Waals surface area contributed by atoms with E-state index in [0.29, 0.717) is 13.1 Å². The summed E-state index contributed by atoms with van der Waals surface area (Å²) >= 11 is 0. The van der Waals surface area contributed by atoms with Crippen LogP contribution < -0.4 is 5.32 Å². The van der Waals surface area contributed by atoms with Crippen molar-refractivity contribution >= 4 is 12.0 Å². The van der Waals surface area contributed by atoms with E-state index in [1.165, 1.54) is 12.5 Å². The number of hydrogen-bond donors (Lipinski definition) is 3. The number of benzene rings is 1. The fraction of sp³-hybridized carbons (Fsp3) is 0.467. The number of carbonyl (C=O) groups excluding carboxylic acids is 1. The molecular weight excluding hydrogens is 272 g/mol. The number of aliphatic carboxylic acids is 1. The zero-order valence-electron chi connectivity index (χ0n) is 12.0. The van der Waals surface area contributed by atoms with Crippen molar-refractivity contribution in [2.45, 2.75) is 38.5 Å². The molecule has 0 saturated carbocycles. The van der Waals surface area contributed by atoms with Crippen LogP contribution in [0.1, 0.15) is 24.5 Å². The average Bonchev–Trinajstić information content (AvgIpc) is 2.65. The van der Waals surface area contributed by atoms with Crippen LogP contribution in [-0.4, -0.2) is 45.8 Å². The molecule has 6 heteroatoms. The molecule has 0 saturated heterocycles. The number of aliphatic hydroxyl groups is 1. The van der Waals surface area contributed by atoms with Gasteiger partial charge in [-0.15, -0.1) is 0 Å². The van der Waals surface area contributed by atoms with Gasteiger partial charge < -0.3 is 20.4 Å². The van der Waals surface area contributed by atoms with E-state index >= 15 is 0 Å². The number of carboxylic acids is 1. The summed E-state index contributed by atoms with van der Waals surface area (Å²) in [6.45, 7) is 2.36. The first-order valence-corrected chi connectivity index (χ1v) is 7.02. The number of fused-ring (bicyclic) bond motifs is 1. The Morgan fingerprint density at radius 3 is 2.57 bits per heavy atom. The van der Waals surface area contributed by atoms with Crippen molar-refractivity contribution < 1.29 is 19.8 Å². The molecule has 1 aliphatic heterocycles. The second-order valence-corrected chi connectivity index (χ2v) is 5.30. The molecule has 2 rings (SSSR count). The predicted octanol–water partition coefficient (Wildman–Crippen LogP) is 0.978. The minimum atomic E-state index is -1.30. The van der Waals surface area contributed by atoms with Gasteiger partial charge in [-0.2, -0.15) is 0 Å². The first kappa shape index (κ1) is 15.3. The van der Waals surface area contributed by atoms with Crippen molar-refractivity contribution in [2.24, 2.45) is 0 Å². The summed E-state index contributed by atoms with van der Waals surface area (Å²) in [5.41, 5.74) is 2.30. The number of amides is 2.